The van der Waals surface area contributed by atoms with Crippen molar-refractivity contribution in [1.29, 1.82) is 0 Å². The predicted molar refractivity (Wildman–Crippen MR) is 92.7 cm³/mol. The van der Waals surface area contributed by atoms with Gasteiger partial charge in [0.05, 0.1) is 15.9 Å². The highest BCUT2D eigenvalue weighted by Crippen LogP contribution is 2.30. The lowest BCUT2D eigenvalue weighted by Gasteiger charge is -2.21. The first-order valence-electron chi connectivity index (χ1n) is 8.66. The van der Waals surface area contributed by atoms with Crippen molar-refractivity contribution in [2.24, 2.45) is 5.92 Å². The normalized spacial score (nSPS) is 23.2. The fourth-order valence-electron chi connectivity index (χ4n) is 3.61. The molecule has 0 radical (unpaired) electrons. The zero-order chi connectivity index (χ0) is 15.2. The third-order valence-electron chi connectivity index (χ3n) is 4.70. The summed E-state index contributed by atoms with van der Waals surface area (Å²) in [6.45, 7) is 8.65. The third-order valence-corrected chi connectivity index (χ3v) is 5.62. The molecule has 0 bridgehead atoms. The Kier molecular flexibility index (Phi) is 6.74. The molecule has 1 aromatic rings. The highest BCUT2D eigenvalue weighted by Gasteiger charge is 2.23. The predicted octanol–water partition coefficient (Wildman–Crippen LogP) is 4.33. The van der Waals surface area contributed by atoms with Crippen LogP contribution in [0.1, 0.15) is 64.3 Å². The number of hydrogen-bond acceptors (Lipinski definition) is 2. The van der Waals surface area contributed by atoms with Gasteiger partial charge < -0.3 is 5.32 Å². The Balaban J connectivity index is 2.10. The number of hydrogen-bond donors (Lipinski definition) is 1. The van der Waals surface area contributed by atoms with Gasteiger partial charge in [-0.15, -0.1) is 0 Å². The van der Waals surface area contributed by atoms with Gasteiger partial charge in [0, 0.05) is 12.6 Å². The highest BCUT2D eigenvalue weighted by atomic mass is 79.9. The number of halogens is 1. The first-order chi connectivity index (χ1) is 10.2. The van der Waals surface area contributed by atoms with Crippen LogP contribution in [0, 0.1) is 5.92 Å². The Morgan fingerprint density at radius 2 is 2.00 bits per heavy atom. The molecule has 3 nitrogen and oxygen atoms in total. The summed E-state index contributed by atoms with van der Waals surface area (Å²) in [5.74, 6) is 0.791. The van der Waals surface area contributed by atoms with E-state index in [0.29, 0.717) is 6.04 Å². The van der Waals surface area contributed by atoms with Crippen LogP contribution in [0.5, 0.6) is 0 Å². The molecule has 4 heteroatoms. The first-order valence-corrected chi connectivity index (χ1v) is 9.46. The fraction of sp³-hybridized carbons (Fsp3) is 0.824. The van der Waals surface area contributed by atoms with Gasteiger partial charge in [-0.25, -0.2) is 0 Å². The molecule has 0 spiro atoms. The van der Waals surface area contributed by atoms with Crippen LogP contribution in [0.3, 0.4) is 0 Å². The second-order valence-corrected chi connectivity index (χ2v) is 7.01. The first kappa shape index (κ1) is 17.0. The van der Waals surface area contributed by atoms with Crippen molar-refractivity contribution >= 4 is 15.9 Å². The minimum absolute atomic E-state index is 0.713. The number of nitrogens with zero attached hydrogens (tertiary/aromatic N) is 2. The lowest BCUT2D eigenvalue weighted by molar-refractivity contribution is 0.381. The molecule has 1 saturated carbocycles. The van der Waals surface area contributed by atoms with Crippen molar-refractivity contribution in [3.8, 4) is 0 Å². The monoisotopic (exact) mass is 355 g/mol. The van der Waals surface area contributed by atoms with Crippen molar-refractivity contribution in [2.45, 2.75) is 78.3 Å². The Hall–Kier alpha value is -0.350. The van der Waals surface area contributed by atoms with E-state index in [2.05, 4.69) is 46.7 Å². The van der Waals surface area contributed by atoms with Crippen molar-refractivity contribution in [3.63, 3.8) is 0 Å². The molecule has 2 rings (SSSR count). The Morgan fingerprint density at radius 1 is 1.24 bits per heavy atom. The standard InChI is InChI=1S/C17H30BrN3/c1-4-15-17(18)16(21(6-3)20-15)12-13-9-7-8-10-14(11-13)19-5-2/h13-14,19H,4-12H2,1-3H3. The zero-order valence-corrected chi connectivity index (χ0v) is 15.4. The summed E-state index contributed by atoms with van der Waals surface area (Å²) < 4.78 is 3.46. The lowest BCUT2D eigenvalue weighted by Crippen LogP contribution is -2.30. The second kappa shape index (κ2) is 8.33. The summed E-state index contributed by atoms with van der Waals surface area (Å²) in [6, 6.07) is 0.713. The van der Waals surface area contributed by atoms with Crippen molar-refractivity contribution in [3.05, 3.63) is 15.9 Å². The maximum Gasteiger partial charge on any atom is 0.0766 e. The van der Waals surface area contributed by atoms with Gasteiger partial charge in [0.15, 0.2) is 0 Å². The smallest absolute Gasteiger partial charge is 0.0766 e. The highest BCUT2D eigenvalue weighted by molar-refractivity contribution is 9.10. The summed E-state index contributed by atoms with van der Waals surface area (Å²) >= 11 is 3.80. The molecular formula is C17H30BrN3. The van der Waals surface area contributed by atoms with Crippen LogP contribution in [0.4, 0.5) is 0 Å². The van der Waals surface area contributed by atoms with E-state index in [1.165, 1.54) is 54.4 Å². The Bertz CT molecular complexity index is 441. The zero-order valence-electron chi connectivity index (χ0n) is 13.8. The van der Waals surface area contributed by atoms with E-state index < -0.39 is 0 Å². The summed E-state index contributed by atoms with van der Waals surface area (Å²) in [4.78, 5) is 0. The minimum Gasteiger partial charge on any atom is -0.314 e. The summed E-state index contributed by atoms with van der Waals surface area (Å²) in [5, 5.41) is 8.41. The van der Waals surface area contributed by atoms with Crippen LogP contribution in [0.15, 0.2) is 4.47 Å². The quantitative estimate of drug-likeness (QED) is 0.769. The van der Waals surface area contributed by atoms with E-state index >= 15 is 0 Å². The molecule has 0 aromatic carbocycles. The van der Waals surface area contributed by atoms with Crippen LogP contribution in [0.25, 0.3) is 0 Å². The summed E-state index contributed by atoms with van der Waals surface area (Å²) in [7, 11) is 0. The topological polar surface area (TPSA) is 29.9 Å². The minimum atomic E-state index is 0.713. The van der Waals surface area contributed by atoms with Crippen LogP contribution in [-0.2, 0) is 19.4 Å². The van der Waals surface area contributed by atoms with E-state index in [1.807, 2.05) is 0 Å². The molecule has 120 valence electrons. The molecule has 1 aliphatic rings. The Morgan fingerprint density at radius 3 is 2.67 bits per heavy atom. The van der Waals surface area contributed by atoms with Gasteiger partial charge in [-0.1, -0.05) is 33.1 Å². The van der Waals surface area contributed by atoms with Crippen molar-refractivity contribution in [1.82, 2.24) is 15.1 Å². The molecule has 1 aromatic heterocycles. The molecular weight excluding hydrogens is 326 g/mol. The molecule has 1 N–H and O–H groups in total. The van der Waals surface area contributed by atoms with Crippen LogP contribution in [-0.4, -0.2) is 22.4 Å². The van der Waals surface area contributed by atoms with E-state index in [0.717, 1.165) is 25.4 Å². The SMILES string of the molecule is CCNC1CCCCC(Cc2c(Br)c(CC)nn2CC)C1. The van der Waals surface area contributed by atoms with E-state index in [9.17, 15) is 0 Å². The van der Waals surface area contributed by atoms with Gasteiger partial charge in [-0.3, -0.25) is 4.68 Å². The summed E-state index contributed by atoms with van der Waals surface area (Å²) in [6.07, 6.45) is 8.96. The van der Waals surface area contributed by atoms with Gasteiger partial charge in [0.25, 0.3) is 0 Å². The molecule has 0 amide bonds. The van der Waals surface area contributed by atoms with Gasteiger partial charge >= 0.3 is 0 Å². The average molecular weight is 356 g/mol. The molecule has 21 heavy (non-hydrogen) atoms. The van der Waals surface area contributed by atoms with Gasteiger partial charge in [0.1, 0.15) is 0 Å². The van der Waals surface area contributed by atoms with Crippen molar-refractivity contribution in [2.75, 3.05) is 6.54 Å². The number of aromatic nitrogens is 2. The summed E-state index contributed by atoms with van der Waals surface area (Å²) in [5.41, 5.74) is 2.63. The molecule has 1 fully saturated rings. The van der Waals surface area contributed by atoms with Crippen LogP contribution < -0.4 is 5.32 Å². The molecule has 1 heterocycles. The Labute approximate surface area is 138 Å². The number of aryl methyl sites for hydroxylation is 2. The lowest BCUT2D eigenvalue weighted by atomic mass is 9.93. The second-order valence-electron chi connectivity index (χ2n) is 6.22. The molecule has 2 atom stereocenters. The molecule has 2 unspecified atom stereocenters. The molecule has 0 aliphatic heterocycles. The average Bonchev–Trinajstić information content (AvgIpc) is 2.64. The van der Waals surface area contributed by atoms with E-state index in [-0.39, 0.29) is 0 Å². The third kappa shape index (κ3) is 4.32. The number of rotatable bonds is 6. The molecule has 0 saturated heterocycles. The van der Waals surface area contributed by atoms with Crippen LogP contribution >= 0.6 is 15.9 Å². The largest absolute Gasteiger partial charge is 0.314 e. The fourth-order valence-corrected chi connectivity index (χ4v) is 4.33. The van der Waals surface area contributed by atoms with E-state index in [4.69, 9.17) is 5.10 Å². The maximum absolute atomic E-state index is 4.75. The van der Waals surface area contributed by atoms with Crippen LogP contribution in [0.2, 0.25) is 0 Å². The van der Waals surface area contributed by atoms with E-state index in [1.54, 1.807) is 0 Å². The van der Waals surface area contributed by atoms with Crippen molar-refractivity contribution < 1.29 is 0 Å². The van der Waals surface area contributed by atoms with Gasteiger partial charge in [0.2, 0.25) is 0 Å². The molecule has 1 aliphatic carbocycles. The number of nitrogens with one attached hydrogen (secondary N) is 1. The maximum atomic E-state index is 4.75. The van der Waals surface area contributed by atoms with Gasteiger partial charge in [-0.05, 0) is 61.0 Å². The van der Waals surface area contributed by atoms with Gasteiger partial charge in [-0.2, -0.15) is 5.10 Å².